The van der Waals surface area contributed by atoms with Gasteiger partial charge in [0.15, 0.2) is 0 Å². The fourth-order valence-corrected chi connectivity index (χ4v) is 6.42. The van der Waals surface area contributed by atoms with E-state index in [4.69, 9.17) is 17.3 Å². The number of carbonyl (C=O) groups excluding carboxylic acids is 1. The van der Waals surface area contributed by atoms with Gasteiger partial charge in [0.25, 0.3) is 11.5 Å². The molecule has 1 amide bonds. The minimum Gasteiger partial charge on any atom is -0.384 e. The van der Waals surface area contributed by atoms with Crippen molar-refractivity contribution in [2.45, 2.75) is 25.7 Å². The fourth-order valence-electron chi connectivity index (χ4n) is 5.84. The van der Waals surface area contributed by atoms with E-state index in [2.05, 4.69) is 116 Å². The number of nitrogens with zero attached hydrogens (tertiary/aromatic N) is 1. The molecule has 2 heterocycles. The second kappa shape index (κ2) is 15.4. The van der Waals surface area contributed by atoms with Crippen molar-refractivity contribution < 1.29 is 4.79 Å². The molecule has 1 aliphatic heterocycles. The Hall–Kier alpha value is -3.65. The van der Waals surface area contributed by atoms with E-state index < -0.39 is 11.5 Å². The molecular formula is C36H38BrClN4O2. The molecule has 0 atom stereocenters. The third-order valence-electron chi connectivity index (χ3n) is 8.35. The van der Waals surface area contributed by atoms with Gasteiger partial charge < -0.3 is 20.9 Å². The van der Waals surface area contributed by atoms with Gasteiger partial charge in [0.1, 0.15) is 11.4 Å². The molecular weight excluding hydrogens is 636 g/mol. The highest BCUT2D eigenvalue weighted by molar-refractivity contribution is 9.09. The number of amides is 1. The molecule has 1 aliphatic rings. The first-order valence-electron chi connectivity index (χ1n) is 15.1. The summed E-state index contributed by atoms with van der Waals surface area (Å²) in [5.41, 5.74) is 7.84. The van der Waals surface area contributed by atoms with Gasteiger partial charge in [-0.3, -0.25) is 9.59 Å². The number of aryl methyl sites for hydroxylation is 1. The second-order valence-electron chi connectivity index (χ2n) is 11.2. The predicted molar refractivity (Wildman–Crippen MR) is 187 cm³/mol. The fraction of sp³-hybridized carbons (Fsp3) is 0.278. The van der Waals surface area contributed by atoms with Crippen LogP contribution < -0.4 is 16.6 Å². The normalized spacial score (nSPS) is 13.9. The molecule has 0 unspecified atom stereocenters. The number of hydrogen-bond acceptors (Lipinski definition) is 4. The lowest BCUT2D eigenvalue weighted by atomic mass is 9.96. The van der Waals surface area contributed by atoms with Crippen LogP contribution in [-0.2, 0) is 12.8 Å². The first kappa shape index (κ1) is 31.8. The Morgan fingerprint density at radius 2 is 1.45 bits per heavy atom. The molecule has 0 saturated carbocycles. The van der Waals surface area contributed by atoms with Gasteiger partial charge in [0, 0.05) is 18.4 Å². The van der Waals surface area contributed by atoms with Crippen LogP contribution >= 0.6 is 27.5 Å². The summed E-state index contributed by atoms with van der Waals surface area (Å²) >= 11 is 9.39. The number of anilines is 1. The van der Waals surface area contributed by atoms with E-state index in [1.54, 1.807) is 0 Å². The largest absolute Gasteiger partial charge is 0.384 e. The minimum atomic E-state index is -0.525. The number of H-pyrrole nitrogens is 1. The molecule has 1 fully saturated rings. The van der Waals surface area contributed by atoms with E-state index in [1.807, 2.05) is 0 Å². The van der Waals surface area contributed by atoms with Gasteiger partial charge in [-0.25, -0.2) is 0 Å². The summed E-state index contributed by atoms with van der Waals surface area (Å²) in [7, 11) is 0. The number of fused-ring (bicyclic) bond motifs is 2. The molecule has 4 N–H and O–H groups in total. The van der Waals surface area contributed by atoms with Gasteiger partial charge in [-0.1, -0.05) is 112 Å². The molecule has 0 spiro atoms. The number of nitrogens with two attached hydrogens (primary N) is 1. The number of benzene rings is 4. The standard InChI is InChI=1S/C24H27ClN4O2.C12H11Br/c25-21-14-20(24(31)28-22(21)26)23(30)27-15-16-8-11-29(12-9-16)13-10-18-6-3-5-17-4-1-2-7-19(17)18;13-9-8-11-6-3-5-10-4-1-2-7-12(10)11/h1-7,14,16H,8-13,15H2,(H,27,30)(H3,26,28,31);1-7H,8-9H2. The van der Waals surface area contributed by atoms with Crippen molar-refractivity contribution in [1.82, 2.24) is 15.2 Å². The van der Waals surface area contributed by atoms with Crippen LogP contribution in [0.15, 0.2) is 95.8 Å². The molecule has 4 aromatic carbocycles. The highest BCUT2D eigenvalue weighted by Crippen LogP contribution is 2.22. The van der Waals surface area contributed by atoms with Crippen LogP contribution in [0.5, 0.6) is 0 Å². The Labute approximate surface area is 271 Å². The lowest BCUT2D eigenvalue weighted by Gasteiger charge is -2.32. The maximum Gasteiger partial charge on any atom is 0.262 e. The van der Waals surface area contributed by atoms with Crippen molar-refractivity contribution in [3.63, 3.8) is 0 Å². The highest BCUT2D eigenvalue weighted by Gasteiger charge is 2.21. The molecule has 228 valence electrons. The summed E-state index contributed by atoms with van der Waals surface area (Å²) in [6.45, 7) is 3.61. The van der Waals surface area contributed by atoms with Crippen LogP contribution in [0.25, 0.3) is 21.5 Å². The average Bonchev–Trinajstić information content (AvgIpc) is 3.05. The number of carbonyl (C=O) groups is 1. The number of hydrogen-bond donors (Lipinski definition) is 3. The lowest BCUT2D eigenvalue weighted by Crippen LogP contribution is -2.40. The first-order valence-corrected chi connectivity index (χ1v) is 16.6. The van der Waals surface area contributed by atoms with Crippen LogP contribution in [0.4, 0.5) is 5.82 Å². The van der Waals surface area contributed by atoms with E-state index in [-0.39, 0.29) is 16.4 Å². The molecule has 5 aromatic rings. The van der Waals surface area contributed by atoms with E-state index in [9.17, 15) is 9.59 Å². The Morgan fingerprint density at radius 1 is 0.886 bits per heavy atom. The Kier molecular flexibility index (Phi) is 11.1. The van der Waals surface area contributed by atoms with Gasteiger partial charge in [0.05, 0.1) is 5.02 Å². The van der Waals surface area contributed by atoms with E-state index in [1.165, 1.54) is 38.7 Å². The summed E-state index contributed by atoms with van der Waals surface area (Å²) in [4.78, 5) is 29.2. The number of alkyl halides is 1. The first-order chi connectivity index (χ1) is 21.4. The molecule has 6 rings (SSSR count). The van der Waals surface area contributed by atoms with Crippen molar-refractivity contribution in [2.24, 2.45) is 5.92 Å². The summed E-state index contributed by atoms with van der Waals surface area (Å²) < 4.78 is 0. The number of likely N-dealkylation sites (tertiary alicyclic amines) is 1. The number of nitrogens with one attached hydrogen (secondary N) is 2. The number of piperidine rings is 1. The van der Waals surface area contributed by atoms with Gasteiger partial charge in [-0.15, -0.1) is 0 Å². The SMILES string of the molecule is BrCCc1cccc2ccccc12.Nc1[nH]c(=O)c(C(=O)NCC2CCN(CCc3cccc4ccccc34)CC2)cc1Cl. The quantitative estimate of drug-likeness (QED) is 0.152. The summed E-state index contributed by atoms with van der Waals surface area (Å²) in [6.07, 6.45) is 4.17. The van der Waals surface area contributed by atoms with Crippen molar-refractivity contribution >= 4 is 60.8 Å². The van der Waals surface area contributed by atoms with E-state index >= 15 is 0 Å². The summed E-state index contributed by atoms with van der Waals surface area (Å²) in [5.74, 6) is 0.0571. The van der Waals surface area contributed by atoms with Gasteiger partial charge in [-0.2, -0.15) is 0 Å². The Morgan fingerprint density at radius 3 is 2.07 bits per heavy atom. The minimum absolute atomic E-state index is 0.00766. The Balaban J connectivity index is 0.000000245. The third-order valence-corrected chi connectivity index (χ3v) is 9.05. The number of aromatic nitrogens is 1. The van der Waals surface area contributed by atoms with Crippen LogP contribution in [0.1, 0.15) is 34.3 Å². The Bertz CT molecular complexity index is 1770. The molecule has 44 heavy (non-hydrogen) atoms. The molecule has 0 bridgehead atoms. The second-order valence-corrected chi connectivity index (χ2v) is 12.4. The van der Waals surface area contributed by atoms with Crippen molar-refractivity contribution in [3.8, 4) is 0 Å². The molecule has 8 heteroatoms. The van der Waals surface area contributed by atoms with Gasteiger partial charge in [-0.05, 0) is 83.4 Å². The third kappa shape index (κ3) is 8.08. The van der Waals surface area contributed by atoms with Crippen LogP contribution in [0.3, 0.4) is 0 Å². The van der Waals surface area contributed by atoms with E-state index in [0.717, 1.165) is 50.6 Å². The average molecular weight is 674 g/mol. The zero-order chi connectivity index (χ0) is 30.9. The number of halogens is 2. The van der Waals surface area contributed by atoms with Gasteiger partial charge >= 0.3 is 0 Å². The van der Waals surface area contributed by atoms with E-state index in [0.29, 0.717) is 12.5 Å². The number of pyridine rings is 1. The van der Waals surface area contributed by atoms with Crippen LogP contribution in [-0.4, -0.2) is 47.3 Å². The zero-order valence-corrected chi connectivity index (χ0v) is 27.0. The summed E-state index contributed by atoms with van der Waals surface area (Å²) in [5, 5.41) is 9.41. The van der Waals surface area contributed by atoms with Crippen molar-refractivity contribution in [1.29, 1.82) is 0 Å². The van der Waals surface area contributed by atoms with Crippen LogP contribution in [0, 0.1) is 5.92 Å². The monoisotopic (exact) mass is 672 g/mol. The molecule has 1 saturated heterocycles. The number of aromatic amines is 1. The van der Waals surface area contributed by atoms with Crippen molar-refractivity contribution in [2.75, 3.05) is 37.2 Å². The van der Waals surface area contributed by atoms with Gasteiger partial charge in [0.2, 0.25) is 0 Å². The predicted octanol–water partition coefficient (Wildman–Crippen LogP) is 7.23. The number of nitrogen functional groups attached to an aromatic ring is 1. The molecule has 0 radical (unpaired) electrons. The zero-order valence-electron chi connectivity index (χ0n) is 24.7. The smallest absolute Gasteiger partial charge is 0.262 e. The van der Waals surface area contributed by atoms with Crippen molar-refractivity contribution in [3.05, 3.63) is 123 Å². The maximum absolute atomic E-state index is 12.4. The summed E-state index contributed by atoms with van der Waals surface area (Å²) in [6, 6.07) is 31.4. The number of rotatable bonds is 8. The molecule has 6 nitrogen and oxygen atoms in total. The maximum atomic E-state index is 12.4. The molecule has 1 aromatic heterocycles. The lowest BCUT2D eigenvalue weighted by molar-refractivity contribution is 0.0935. The topological polar surface area (TPSA) is 91.2 Å². The molecule has 0 aliphatic carbocycles. The van der Waals surface area contributed by atoms with Crippen LogP contribution in [0.2, 0.25) is 5.02 Å². The highest BCUT2D eigenvalue weighted by atomic mass is 79.9.